The van der Waals surface area contributed by atoms with Gasteiger partial charge in [0, 0.05) is 5.88 Å². The van der Waals surface area contributed by atoms with Crippen LogP contribution in [0.15, 0.2) is 24.3 Å². The molecule has 1 nitrogen and oxygen atoms in total. The van der Waals surface area contributed by atoms with Gasteiger partial charge in [-0.25, -0.2) is 0 Å². The molecule has 0 saturated carbocycles. The van der Waals surface area contributed by atoms with Crippen LogP contribution in [0.4, 0.5) is 0 Å². The molecule has 0 aromatic heterocycles. The molecule has 1 aromatic rings. The smallest absolute Gasteiger partial charge is 0.106 e. The average Bonchev–Trinajstić information content (AvgIpc) is 2.20. The minimum Gasteiger partial charge on any atom is -0.307 e. The lowest BCUT2D eigenvalue weighted by Gasteiger charge is -1.98. The average molecular weight is 199 g/mol. The van der Waals surface area contributed by atoms with Crippen LogP contribution in [0.3, 0.4) is 0 Å². The Labute approximate surface area is 84.7 Å². The van der Waals surface area contributed by atoms with E-state index in [1.807, 2.05) is 6.79 Å². The molecule has 1 rings (SSSR count). The Kier molecular flexibility index (Phi) is 7.32. The highest BCUT2D eigenvalue weighted by molar-refractivity contribution is 6.17. The van der Waals surface area contributed by atoms with Gasteiger partial charge in [0.05, 0.1) is 0 Å². The van der Waals surface area contributed by atoms with Crippen LogP contribution in [0.1, 0.15) is 17.5 Å². The van der Waals surface area contributed by atoms with Crippen LogP contribution < -0.4 is 0 Å². The van der Waals surface area contributed by atoms with Gasteiger partial charge in [0.2, 0.25) is 0 Å². The Balaban J connectivity index is 0.000000671. The molecule has 0 radical (unpaired) electrons. The van der Waals surface area contributed by atoms with Crippen LogP contribution in [-0.2, 0) is 11.2 Å². The van der Waals surface area contributed by atoms with E-state index in [9.17, 15) is 0 Å². The van der Waals surface area contributed by atoms with Gasteiger partial charge in [-0.2, -0.15) is 0 Å². The summed E-state index contributed by atoms with van der Waals surface area (Å²) >= 11 is 5.58. The molecule has 0 fully saturated rings. The second kappa shape index (κ2) is 7.81. The molecule has 1 aromatic carbocycles. The Hall–Kier alpha value is -0.820. The first-order chi connectivity index (χ1) is 6.33. The molecule has 0 bridgehead atoms. The first-order valence-electron chi connectivity index (χ1n) is 4.23. The highest BCUT2D eigenvalue weighted by atomic mass is 35.5. The van der Waals surface area contributed by atoms with Gasteiger partial charge < -0.3 is 4.79 Å². The Morgan fingerprint density at radius 1 is 1.23 bits per heavy atom. The van der Waals surface area contributed by atoms with Crippen LogP contribution in [-0.4, -0.2) is 12.7 Å². The van der Waals surface area contributed by atoms with Crippen molar-refractivity contribution in [2.24, 2.45) is 0 Å². The number of benzene rings is 1. The molecule has 0 saturated heterocycles. The number of carbonyl (C=O) groups excluding carboxylic acids is 1. The highest BCUT2D eigenvalue weighted by Crippen LogP contribution is 2.05. The largest absolute Gasteiger partial charge is 0.307 e. The zero-order chi connectivity index (χ0) is 10.1. The zero-order valence-corrected chi connectivity index (χ0v) is 8.68. The number of aryl methyl sites for hydroxylation is 2. The standard InChI is InChI=1S/C10H13Cl.CH2O/c1-9-4-6-10(7-5-9)3-2-8-11;1-2/h4-7H,2-3,8H2,1H3;1H2. The van der Waals surface area contributed by atoms with E-state index in [2.05, 4.69) is 31.2 Å². The lowest BCUT2D eigenvalue weighted by molar-refractivity contribution is -0.0979. The Morgan fingerprint density at radius 2 is 1.77 bits per heavy atom. The lowest BCUT2D eigenvalue weighted by atomic mass is 10.1. The van der Waals surface area contributed by atoms with Crippen LogP contribution in [0.25, 0.3) is 0 Å². The van der Waals surface area contributed by atoms with E-state index in [1.165, 1.54) is 11.1 Å². The maximum atomic E-state index is 8.00. The van der Waals surface area contributed by atoms with Crippen molar-refractivity contribution in [2.45, 2.75) is 19.8 Å². The van der Waals surface area contributed by atoms with Gasteiger partial charge in [-0.15, -0.1) is 11.6 Å². The maximum Gasteiger partial charge on any atom is 0.106 e. The van der Waals surface area contributed by atoms with E-state index in [0.717, 1.165) is 18.7 Å². The quantitative estimate of drug-likeness (QED) is 0.683. The number of hydrogen-bond acceptors (Lipinski definition) is 1. The fourth-order valence-corrected chi connectivity index (χ4v) is 1.16. The first kappa shape index (κ1) is 12.2. The van der Waals surface area contributed by atoms with Crippen LogP contribution in [0.5, 0.6) is 0 Å². The van der Waals surface area contributed by atoms with Crippen LogP contribution >= 0.6 is 11.6 Å². The Morgan fingerprint density at radius 3 is 2.23 bits per heavy atom. The molecular weight excluding hydrogens is 184 g/mol. The summed E-state index contributed by atoms with van der Waals surface area (Å²) in [6.45, 7) is 4.10. The summed E-state index contributed by atoms with van der Waals surface area (Å²) in [4.78, 5) is 8.00. The van der Waals surface area contributed by atoms with E-state index in [1.54, 1.807) is 0 Å². The number of hydrogen-bond donors (Lipinski definition) is 0. The SMILES string of the molecule is C=O.Cc1ccc(CCCCl)cc1. The Bertz CT molecular complexity index is 218. The van der Waals surface area contributed by atoms with E-state index < -0.39 is 0 Å². The molecule has 13 heavy (non-hydrogen) atoms. The molecule has 0 aliphatic heterocycles. The van der Waals surface area contributed by atoms with Gasteiger partial charge >= 0.3 is 0 Å². The van der Waals surface area contributed by atoms with Crippen molar-refractivity contribution in [3.8, 4) is 0 Å². The van der Waals surface area contributed by atoms with Crippen LogP contribution in [0, 0.1) is 6.92 Å². The fourth-order valence-electron chi connectivity index (χ4n) is 1.03. The predicted octanol–water partition coefficient (Wildman–Crippen LogP) is 2.98. The summed E-state index contributed by atoms with van der Waals surface area (Å²) in [7, 11) is 0. The zero-order valence-electron chi connectivity index (χ0n) is 7.92. The van der Waals surface area contributed by atoms with E-state index in [4.69, 9.17) is 16.4 Å². The highest BCUT2D eigenvalue weighted by Gasteiger charge is 1.90. The van der Waals surface area contributed by atoms with Gasteiger partial charge in [-0.1, -0.05) is 29.8 Å². The molecule has 0 atom stereocenters. The first-order valence-corrected chi connectivity index (χ1v) is 4.77. The molecule has 72 valence electrons. The van der Waals surface area contributed by atoms with Crippen molar-refractivity contribution >= 4 is 18.4 Å². The van der Waals surface area contributed by atoms with Crippen molar-refractivity contribution in [3.63, 3.8) is 0 Å². The van der Waals surface area contributed by atoms with Gasteiger partial charge in [0.15, 0.2) is 0 Å². The number of carbonyl (C=O) groups is 1. The number of rotatable bonds is 3. The summed E-state index contributed by atoms with van der Waals surface area (Å²) in [5.41, 5.74) is 2.70. The van der Waals surface area contributed by atoms with E-state index >= 15 is 0 Å². The predicted molar refractivity (Wildman–Crippen MR) is 57.3 cm³/mol. The van der Waals surface area contributed by atoms with Gasteiger partial charge in [0.1, 0.15) is 6.79 Å². The fraction of sp³-hybridized carbons (Fsp3) is 0.364. The molecular formula is C11H15ClO. The van der Waals surface area contributed by atoms with Gasteiger partial charge in [-0.3, -0.25) is 0 Å². The van der Waals surface area contributed by atoms with Crippen molar-refractivity contribution in [1.29, 1.82) is 0 Å². The number of halogens is 1. The summed E-state index contributed by atoms with van der Waals surface area (Å²) in [6, 6.07) is 8.62. The third-order valence-corrected chi connectivity index (χ3v) is 1.99. The number of alkyl halides is 1. The summed E-state index contributed by atoms with van der Waals surface area (Å²) in [5, 5.41) is 0. The third kappa shape index (κ3) is 5.42. The topological polar surface area (TPSA) is 17.1 Å². The molecule has 0 aliphatic carbocycles. The van der Waals surface area contributed by atoms with Crippen LogP contribution in [0.2, 0.25) is 0 Å². The van der Waals surface area contributed by atoms with E-state index in [0.29, 0.717) is 0 Å². The molecule has 0 unspecified atom stereocenters. The minimum atomic E-state index is 0.758. The summed E-state index contributed by atoms with van der Waals surface area (Å²) in [5.74, 6) is 0.758. The second-order valence-corrected chi connectivity index (χ2v) is 3.16. The van der Waals surface area contributed by atoms with E-state index in [-0.39, 0.29) is 0 Å². The summed E-state index contributed by atoms with van der Waals surface area (Å²) in [6.07, 6.45) is 2.17. The van der Waals surface area contributed by atoms with Crippen molar-refractivity contribution < 1.29 is 4.79 Å². The minimum absolute atomic E-state index is 0.758. The summed E-state index contributed by atoms with van der Waals surface area (Å²) < 4.78 is 0. The van der Waals surface area contributed by atoms with Gasteiger partial charge in [0.25, 0.3) is 0 Å². The molecule has 0 spiro atoms. The molecule has 0 heterocycles. The normalized spacial score (nSPS) is 8.77. The lowest BCUT2D eigenvalue weighted by Crippen LogP contribution is -1.85. The monoisotopic (exact) mass is 198 g/mol. The molecule has 2 heteroatoms. The van der Waals surface area contributed by atoms with Crippen molar-refractivity contribution in [1.82, 2.24) is 0 Å². The van der Waals surface area contributed by atoms with Crippen molar-refractivity contribution in [2.75, 3.05) is 5.88 Å². The second-order valence-electron chi connectivity index (χ2n) is 2.78. The molecule has 0 N–H and O–H groups in total. The molecule has 0 aliphatic rings. The third-order valence-electron chi connectivity index (χ3n) is 1.72. The van der Waals surface area contributed by atoms with Crippen molar-refractivity contribution in [3.05, 3.63) is 35.4 Å². The molecule has 0 amide bonds. The maximum absolute atomic E-state index is 8.00. The van der Waals surface area contributed by atoms with Gasteiger partial charge in [-0.05, 0) is 25.3 Å².